The molecule has 4 heteroatoms. The summed E-state index contributed by atoms with van der Waals surface area (Å²) in [6.07, 6.45) is 4.94. The minimum absolute atomic E-state index is 0.250. The molecule has 21 heavy (non-hydrogen) atoms. The molecule has 0 spiro atoms. The van der Waals surface area contributed by atoms with Crippen LogP contribution in [0.25, 0.3) is 0 Å². The molecule has 0 aliphatic heterocycles. The van der Waals surface area contributed by atoms with Crippen molar-refractivity contribution < 1.29 is 5.11 Å². The number of nitrogens with zero attached hydrogens (tertiary/aromatic N) is 1. The van der Waals surface area contributed by atoms with E-state index in [1.54, 1.807) is 0 Å². The minimum Gasteiger partial charge on any atom is -0.395 e. The van der Waals surface area contributed by atoms with Crippen LogP contribution in [-0.2, 0) is 0 Å². The Bertz CT molecular complexity index is 423. The van der Waals surface area contributed by atoms with E-state index in [9.17, 15) is 5.11 Å². The summed E-state index contributed by atoms with van der Waals surface area (Å²) in [4.78, 5) is 2.44. The molecule has 1 aliphatic carbocycles. The molecule has 1 saturated carbocycles. The lowest BCUT2D eigenvalue weighted by Crippen LogP contribution is -2.43. The third-order valence-electron chi connectivity index (χ3n) is 4.38. The van der Waals surface area contributed by atoms with E-state index in [2.05, 4.69) is 29.3 Å². The van der Waals surface area contributed by atoms with Crippen molar-refractivity contribution in [1.29, 1.82) is 0 Å². The predicted octanol–water partition coefficient (Wildman–Crippen LogP) is 3.23. The van der Waals surface area contributed by atoms with Gasteiger partial charge in [0.2, 0.25) is 0 Å². The van der Waals surface area contributed by atoms with Crippen molar-refractivity contribution in [2.45, 2.75) is 44.7 Å². The highest BCUT2D eigenvalue weighted by Gasteiger charge is 2.25. The van der Waals surface area contributed by atoms with Gasteiger partial charge in [-0.2, -0.15) is 0 Å². The minimum atomic E-state index is 0.250. The topological polar surface area (TPSA) is 35.5 Å². The normalized spacial score (nSPS) is 17.0. The van der Waals surface area contributed by atoms with Crippen molar-refractivity contribution in [2.75, 3.05) is 26.2 Å². The lowest BCUT2D eigenvalue weighted by atomic mass is 9.91. The van der Waals surface area contributed by atoms with Crippen LogP contribution in [0.5, 0.6) is 0 Å². The van der Waals surface area contributed by atoms with Crippen LogP contribution in [0.3, 0.4) is 0 Å². The number of aliphatic hydroxyl groups excluding tert-OH is 1. The van der Waals surface area contributed by atoms with Crippen LogP contribution in [0.15, 0.2) is 24.3 Å². The van der Waals surface area contributed by atoms with Crippen molar-refractivity contribution in [1.82, 2.24) is 10.2 Å². The summed E-state index contributed by atoms with van der Waals surface area (Å²) in [5.41, 5.74) is 1.25. The summed E-state index contributed by atoms with van der Waals surface area (Å²) >= 11 is 6.11. The average molecular weight is 311 g/mol. The predicted molar refractivity (Wildman–Crippen MR) is 88.8 cm³/mol. The van der Waals surface area contributed by atoms with Gasteiger partial charge in [0.1, 0.15) is 0 Å². The molecule has 1 fully saturated rings. The molecule has 1 atom stereocenters. The monoisotopic (exact) mass is 310 g/mol. The smallest absolute Gasteiger partial charge is 0.0558 e. The maximum Gasteiger partial charge on any atom is 0.0558 e. The second-order valence-electron chi connectivity index (χ2n) is 5.80. The van der Waals surface area contributed by atoms with E-state index in [0.717, 1.165) is 31.1 Å². The van der Waals surface area contributed by atoms with Crippen molar-refractivity contribution in [3.05, 3.63) is 34.9 Å². The molecule has 2 rings (SSSR count). The van der Waals surface area contributed by atoms with Gasteiger partial charge in [-0.3, -0.25) is 4.90 Å². The maximum absolute atomic E-state index is 9.25. The van der Waals surface area contributed by atoms with Crippen molar-refractivity contribution in [3.8, 4) is 0 Å². The Hall–Kier alpha value is -0.610. The molecule has 0 heterocycles. The quantitative estimate of drug-likeness (QED) is 0.735. The zero-order valence-electron chi connectivity index (χ0n) is 12.9. The number of benzene rings is 1. The Morgan fingerprint density at radius 2 is 2.19 bits per heavy atom. The van der Waals surface area contributed by atoms with Crippen LogP contribution in [0.2, 0.25) is 5.02 Å². The fourth-order valence-corrected chi connectivity index (χ4v) is 3.21. The average Bonchev–Trinajstić information content (AvgIpc) is 2.41. The summed E-state index contributed by atoms with van der Waals surface area (Å²) in [5, 5.41) is 13.6. The fraction of sp³-hybridized carbons (Fsp3) is 0.647. The molecule has 0 amide bonds. The van der Waals surface area contributed by atoms with Crippen LogP contribution >= 0.6 is 11.6 Å². The van der Waals surface area contributed by atoms with Gasteiger partial charge in [-0.1, -0.05) is 37.1 Å². The van der Waals surface area contributed by atoms with E-state index in [1.807, 2.05) is 12.1 Å². The van der Waals surface area contributed by atoms with Gasteiger partial charge in [0.25, 0.3) is 0 Å². The van der Waals surface area contributed by atoms with Gasteiger partial charge in [0.05, 0.1) is 6.61 Å². The number of halogens is 1. The molecular weight excluding hydrogens is 284 g/mol. The Labute approximate surface area is 133 Å². The largest absolute Gasteiger partial charge is 0.395 e. The van der Waals surface area contributed by atoms with Gasteiger partial charge in [-0.15, -0.1) is 0 Å². The Balaban J connectivity index is 1.95. The molecule has 0 aromatic heterocycles. The van der Waals surface area contributed by atoms with Gasteiger partial charge >= 0.3 is 0 Å². The van der Waals surface area contributed by atoms with E-state index in [1.165, 1.54) is 24.8 Å². The van der Waals surface area contributed by atoms with E-state index in [-0.39, 0.29) is 6.61 Å². The van der Waals surface area contributed by atoms with Crippen molar-refractivity contribution >= 4 is 11.6 Å². The molecule has 0 saturated heterocycles. The maximum atomic E-state index is 9.25. The van der Waals surface area contributed by atoms with E-state index >= 15 is 0 Å². The van der Waals surface area contributed by atoms with Crippen molar-refractivity contribution in [3.63, 3.8) is 0 Å². The van der Waals surface area contributed by atoms with Crippen LogP contribution in [-0.4, -0.2) is 42.3 Å². The SMILES string of the molecule is CCNC(CCN(CCO)C1CCC1)c1cccc(Cl)c1. The molecule has 2 N–H and O–H groups in total. The third-order valence-corrected chi connectivity index (χ3v) is 4.62. The molecule has 118 valence electrons. The molecule has 1 aliphatic rings. The zero-order valence-corrected chi connectivity index (χ0v) is 13.6. The molecule has 0 bridgehead atoms. The van der Waals surface area contributed by atoms with Crippen LogP contribution in [0.4, 0.5) is 0 Å². The summed E-state index contributed by atoms with van der Waals surface area (Å²) in [6, 6.07) is 9.13. The standard InChI is InChI=1S/C17H27ClN2O/c1-2-19-17(14-5-3-6-15(18)13-14)9-10-20(11-12-21)16-7-4-8-16/h3,5-6,13,16-17,19,21H,2,4,7-12H2,1H3. The Morgan fingerprint density at radius 1 is 1.38 bits per heavy atom. The second kappa shape index (κ2) is 8.74. The van der Waals surface area contributed by atoms with E-state index in [4.69, 9.17) is 11.6 Å². The molecule has 1 unspecified atom stereocenters. The van der Waals surface area contributed by atoms with E-state index < -0.39 is 0 Å². The molecule has 1 aromatic carbocycles. The molecule has 0 radical (unpaired) electrons. The second-order valence-corrected chi connectivity index (χ2v) is 6.23. The lowest BCUT2D eigenvalue weighted by Gasteiger charge is -2.38. The van der Waals surface area contributed by atoms with Crippen LogP contribution < -0.4 is 5.32 Å². The van der Waals surface area contributed by atoms with Gasteiger partial charge in [-0.25, -0.2) is 0 Å². The molecule has 1 aromatic rings. The number of nitrogens with one attached hydrogen (secondary N) is 1. The zero-order chi connectivity index (χ0) is 15.1. The van der Waals surface area contributed by atoms with Crippen LogP contribution in [0.1, 0.15) is 44.2 Å². The lowest BCUT2D eigenvalue weighted by molar-refractivity contribution is 0.0969. The number of hydrogen-bond acceptors (Lipinski definition) is 3. The first-order valence-electron chi connectivity index (χ1n) is 8.08. The fourth-order valence-electron chi connectivity index (χ4n) is 3.01. The summed E-state index contributed by atoms with van der Waals surface area (Å²) in [6.45, 7) is 5.14. The third kappa shape index (κ3) is 4.96. The van der Waals surface area contributed by atoms with Gasteiger partial charge in [0, 0.05) is 30.2 Å². The first-order chi connectivity index (χ1) is 10.2. The first kappa shape index (κ1) is 16.8. The Kier molecular flexibility index (Phi) is 6.97. The summed E-state index contributed by atoms with van der Waals surface area (Å²) < 4.78 is 0. The Morgan fingerprint density at radius 3 is 2.76 bits per heavy atom. The van der Waals surface area contributed by atoms with Gasteiger partial charge in [-0.05, 0) is 43.5 Å². The number of hydrogen-bond donors (Lipinski definition) is 2. The highest BCUT2D eigenvalue weighted by molar-refractivity contribution is 6.30. The van der Waals surface area contributed by atoms with E-state index in [0.29, 0.717) is 12.1 Å². The molecular formula is C17H27ClN2O. The van der Waals surface area contributed by atoms with Gasteiger partial charge in [0.15, 0.2) is 0 Å². The van der Waals surface area contributed by atoms with Crippen LogP contribution in [0, 0.1) is 0 Å². The summed E-state index contributed by atoms with van der Waals surface area (Å²) in [5.74, 6) is 0. The summed E-state index contributed by atoms with van der Waals surface area (Å²) in [7, 11) is 0. The van der Waals surface area contributed by atoms with Crippen molar-refractivity contribution in [2.24, 2.45) is 0 Å². The first-order valence-corrected chi connectivity index (χ1v) is 8.46. The van der Waals surface area contributed by atoms with Gasteiger partial charge < -0.3 is 10.4 Å². The number of aliphatic hydroxyl groups is 1. The highest BCUT2D eigenvalue weighted by Crippen LogP contribution is 2.26. The highest BCUT2D eigenvalue weighted by atomic mass is 35.5. The number of rotatable bonds is 9. The molecule has 3 nitrogen and oxygen atoms in total.